The third-order valence-electron chi connectivity index (χ3n) is 12.9. The second-order valence-electron chi connectivity index (χ2n) is 15.9. The van der Waals surface area contributed by atoms with Gasteiger partial charge in [-0.15, -0.1) is 0 Å². The first kappa shape index (κ1) is 34.3. The van der Waals surface area contributed by atoms with Crippen LogP contribution in [-0.2, 0) is 5.41 Å². The lowest BCUT2D eigenvalue weighted by Crippen LogP contribution is -2.26. The molecule has 0 aromatic heterocycles. The average molecular weight is 762 g/mol. The van der Waals surface area contributed by atoms with Crippen LogP contribution in [-0.4, -0.2) is 0 Å². The zero-order valence-corrected chi connectivity index (χ0v) is 33.0. The molecule has 10 aromatic rings. The molecule has 2 aliphatic carbocycles. The van der Waals surface area contributed by atoms with Crippen molar-refractivity contribution in [1.29, 1.82) is 0 Å². The lowest BCUT2D eigenvalue weighted by Gasteiger charge is -2.32. The highest BCUT2D eigenvalue weighted by Gasteiger charge is 2.52. The third-order valence-corrected chi connectivity index (χ3v) is 12.9. The highest BCUT2D eigenvalue weighted by molar-refractivity contribution is 6.06. The molecule has 1 nitrogen and oxygen atoms in total. The number of benzene rings is 10. The van der Waals surface area contributed by atoms with Crippen molar-refractivity contribution in [3.05, 3.63) is 259 Å². The molecule has 0 aliphatic heterocycles. The predicted molar refractivity (Wildman–Crippen MR) is 251 cm³/mol. The van der Waals surface area contributed by atoms with Crippen LogP contribution in [0.5, 0.6) is 0 Å². The van der Waals surface area contributed by atoms with Crippen LogP contribution in [0.15, 0.2) is 237 Å². The van der Waals surface area contributed by atoms with Gasteiger partial charge in [-0.05, 0) is 102 Å². The van der Waals surface area contributed by atoms with Crippen molar-refractivity contribution in [3.63, 3.8) is 0 Å². The number of para-hydroxylation sites is 1. The van der Waals surface area contributed by atoms with Crippen molar-refractivity contribution in [2.45, 2.75) is 5.41 Å². The number of rotatable bonds is 6. The predicted octanol–water partition coefficient (Wildman–Crippen LogP) is 15.7. The molecule has 0 saturated heterocycles. The number of fused-ring (bicyclic) bond motifs is 11. The van der Waals surface area contributed by atoms with E-state index >= 15 is 0 Å². The molecule has 0 fully saturated rings. The van der Waals surface area contributed by atoms with Crippen molar-refractivity contribution in [2.75, 3.05) is 4.90 Å². The summed E-state index contributed by atoms with van der Waals surface area (Å²) in [6, 6.07) is 87.2. The van der Waals surface area contributed by atoms with Crippen molar-refractivity contribution in [2.24, 2.45) is 0 Å². The summed E-state index contributed by atoms with van der Waals surface area (Å²) >= 11 is 0. The molecule has 0 N–H and O–H groups in total. The third kappa shape index (κ3) is 4.99. The van der Waals surface area contributed by atoms with E-state index in [-0.39, 0.29) is 0 Å². The van der Waals surface area contributed by atoms with Gasteiger partial charge in [-0.1, -0.05) is 212 Å². The van der Waals surface area contributed by atoms with E-state index in [9.17, 15) is 0 Å². The molecule has 1 spiro atoms. The largest absolute Gasteiger partial charge is 0.309 e. The molecule has 10 aromatic carbocycles. The summed E-state index contributed by atoms with van der Waals surface area (Å²) in [4.78, 5) is 2.50. The lowest BCUT2D eigenvalue weighted by atomic mass is 9.70. The highest BCUT2D eigenvalue weighted by atomic mass is 15.1. The van der Waals surface area contributed by atoms with Crippen LogP contribution in [0.2, 0.25) is 0 Å². The quantitative estimate of drug-likeness (QED) is 0.163. The molecule has 0 unspecified atom stereocenters. The number of hydrogen-bond donors (Lipinski definition) is 0. The molecule has 0 radical (unpaired) electrons. The van der Waals surface area contributed by atoms with E-state index in [0.717, 1.165) is 17.1 Å². The smallest absolute Gasteiger partial charge is 0.0726 e. The Hall–Kier alpha value is -7.74. The standard InChI is InChI=1S/C59H39N/c1-3-18-40(19-4-1)44-38-39-45(48-24-8-7-23-47(44)48)42-34-36-43(37-35-42)60(56-32-16-12-22-46(56)41-20-5-2-6-21-41)57-33-17-31-55-58(57)51-27-11-15-30-54(51)59(55)52-28-13-9-25-49(52)50-26-10-14-29-53(50)59/h1-39H. The molecule has 0 atom stereocenters. The van der Waals surface area contributed by atoms with Gasteiger partial charge in [0, 0.05) is 16.8 Å². The average Bonchev–Trinajstić information content (AvgIpc) is 3.80. The van der Waals surface area contributed by atoms with Gasteiger partial charge >= 0.3 is 0 Å². The van der Waals surface area contributed by atoms with Gasteiger partial charge in [0.05, 0.1) is 16.8 Å². The Morgan fingerprint density at radius 3 is 1.27 bits per heavy atom. The number of nitrogens with zero attached hydrogens (tertiary/aromatic N) is 1. The SMILES string of the molecule is c1ccc(-c2ccccc2N(c2ccc(-c3ccc(-c4ccccc4)c4ccccc34)cc2)c2cccc3c2-c2ccccc2C32c3ccccc3-c3ccccc32)cc1. The monoisotopic (exact) mass is 761 g/mol. The molecule has 0 heterocycles. The zero-order valence-electron chi connectivity index (χ0n) is 33.0. The number of hydrogen-bond acceptors (Lipinski definition) is 1. The van der Waals surface area contributed by atoms with Crippen LogP contribution < -0.4 is 4.90 Å². The lowest BCUT2D eigenvalue weighted by molar-refractivity contribution is 0.794. The molecule has 2 aliphatic rings. The fourth-order valence-electron chi connectivity index (χ4n) is 10.5. The maximum absolute atomic E-state index is 2.50. The summed E-state index contributed by atoms with van der Waals surface area (Å²) in [6.45, 7) is 0. The molecule has 1 heteroatoms. The summed E-state index contributed by atoms with van der Waals surface area (Å²) in [5, 5.41) is 2.50. The fourth-order valence-corrected chi connectivity index (χ4v) is 10.5. The summed E-state index contributed by atoms with van der Waals surface area (Å²) in [5.74, 6) is 0. The van der Waals surface area contributed by atoms with E-state index in [2.05, 4.69) is 241 Å². The van der Waals surface area contributed by atoms with Gasteiger partial charge < -0.3 is 4.90 Å². The molecular weight excluding hydrogens is 723 g/mol. The van der Waals surface area contributed by atoms with Gasteiger partial charge in [0.1, 0.15) is 0 Å². The normalized spacial score (nSPS) is 12.8. The highest BCUT2D eigenvalue weighted by Crippen LogP contribution is 2.64. The van der Waals surface area contributed by atoms with Crippen LogP contribution >= 0.6 is 0 Å². The van der Waals surface area contributed by atoms with Crippen molar-refractivity contribution >= 4 is 27.8 Å². The Balaban J connectivity index is 1.09. The second kappa shape index (κ2) is 13.7. The molecule has 0 saturated carbocycles. The van der Waals surface area contributed by atoms with Gasteiger partial charge in [-0.2, -0.15) is 0 Å². The first-order chi connectivity index (χ1) is 29.8. The first-order valence-corrected chi connectivity index (χ1v) is 20.9. The number of anilines is 3. The van der Waals surface area contributed by atoms with E-state index in [1.54, 1.807) is 0 Å². The fraction of sp³-hybridized carbons (Fsp3) is 0.0169. The Bertz CT molecular complexity index is 3210. The molecule has 60 heavy (non-hydrogen) atoms. The van der Waals surface area contributed by atoms with E-state index in [1.807, 2.05) is 0 Å². The van der Waals surface area contributed by atoms with Crippen LogP contribution in [0.1, 0.15) is 22.3 Å². The first-order valence-electron chi connectivity index (χ1n) is 20.9. The van der Waals surface area contributed by atoms with Crippen LogP contribution in [0.3, 0.4) is 0 Å². The van der Waals surface area contributed by atoms with Gasteiger partial charge in [0.25, 0.3) is 0 Å². The van der Waals surface area contributed by atoms with E-state index in [0.29, 0.717) is 0 Å². The minimum absolute atomic E-state index is 0.434. The summed E-state index contributed by atoms with van der Waals surface area (Å²) in [6.07, 6.45) is 0. The van der Waals surface area contributed by atoms with Crippen molar-refractivity contribution in [1.82, 2.24) is 0 Å². The molecule has 0 amide bonds. The maximum atomic E-state index is 2.50. The van der Waals surface area contributed by atoms with E-state index in [1.165, 1.54) is 88.7 Å². The van der Waals surface area contributed by atoms with Crippen LogP contribution in [0.25, 0.3) is 66.4 Å². The maximum Gasteiger partial charge on any atom is 0.0726 e. The molecule has 0 bridgehead atoms. The van der Waals surface area contributed by atoms with Crippen molar-refractivity contribution in [3.8, 4) is 55.6 Å². The van der Waals surface area contributed by atoms with Gasteiger partial charge in [-0.25, -0.2) is 0 Å². The summed E-state index contributed by atoms with van der Waals surface area (Å²) in [5.41, 5.74) is 20.7. The summed E-state index contributed by atoms with van der Waals surface area (Å²) in [7, 11) is 0. The minimum atomic E-state index is -0.434. The van der Waals surface area contributed by atoms with Gasteiger partial charge in [0.2, 0.25) is 0 Å². The zero-order chi connectivity index (χ0) is 39.6. The molecular formula is C59H39N. The topological polar surface area (TPSA) is 3.24 Å². The van der Waals surface area contributed by atoms with Gasteiger partial charge in [0.15, 0.2) is 0 Å². The second-order valence-corrected chi connectivity index (χ2v) is 15.9. The summed E-state index contributed by atoms with van der Waals surface area (Å²) < 4.78 is 0. The Morgan fingerprint density at radius 2 is 0.667 bits per heavy atom. The molecule has 12 rings (SSSR count). The van der Waals surface area contributed by atoms with Crippen molar-refractivity contribution < 1.29 is 0 Å². The van der Waals surface area contributed by atoms with Crippen LogP contribution in [0, 0.1) is 0 Å². The minimum Gasteiger partial charge on any atom is -0.309 e. The molecule has 280 valence electrons. The van der Waals surface area contributed by atoms with Gasteiger partial charge in [-0.3, -0.25) is 0 Å². The Kier molecular flexibility index (Phi) is 7.83. The van der Waals surface area contributed by atoms with E-state index < -0.39 is 5.41 Å². The Labute approximate surface area is 351 Å². The van der Waals surface area contributed by atoms with E-state index in [4.69, 9.17) is 0 Å². The van der Waals surface area contributed by atoms with Crippen LogP contribution in [0.4, 0.5) is 17.1 Å². The Morgan fingerprint density at radius 1 is 0.250 bits per heavy atom.